The summed E-state index contributed by atoms with van der Waals surface area (Å²) in [5, 5.41) is 9.82. The van der Waals surface area contributed by atoms with Gasteiger partial charge in [-0.25, -0.2) is 4.98 Å². The van der Waals surface area contributed by atoms with Crippen LogP contribution in [-0.2, 0) is 24.7 Å². The Morgan fingerprint density at radius 2 is 1.20 bits per heavy atom. The molecule has 0 atom stereocenters. The first-order valence-electron chi connectivity index (χ1n) is 18.8. The van der Waals surface area contributed by atoms with Crippen molar-refractivity contribution in [3.63, 3.8) is 0 Å². The van der Waals surface area contributed by atoms with E-state index in [1.807, 2.05) is 18.3 Å². The number of rotatable bonds is 18. The molecule has 2 aliphatic heterocycles. The lowest BCUT2D eigenvalue weighted by Crippen LogP contribution is -2.18. The van der Waals surface area contributed by atoms with Crippen LogP contribution < -0.4 is 5.56 Å². The number of aryl methyl sites for hydroxylation is 1. The molecule has 0 unspecified atom stereocenters. The summed E-state index contributed by atoms with van der Waals surface area (Å²) < 4.78 is 1.70. The molecule has 0 saturated heterocycles. The number of aromatic amines is 1. The Hall–Kier alpha value is -4.12. The number of nitrogens with zero attached hydrogens (tertiary/aromatic N) is 2. The summed E-state index contributed by atoms with van der Waals surface area (Å²) in [5.74, 6) is 0.877. The topological polar surface area (TPSA) is 70.9 Å². The number of aromatic nitrogens is 3. The predicted molar refractivity (Wildman–Crippen MR) is 204 cm³/mol. The van der Waals surface area contributed by atoms with Crippen molar-refractivity contribution in [1.29, 1.82) is 0 Å². The fraction of sp³-hybridized carbons (Fsp3) is 0.455. The van der Waals surface area contributed by atoms with Crippen LogP contribution in [0.1, 0.15) is 138 Å². The lowest BCUT2D eigenvalue weighted by atomic mass is 9.86. The number of imidazole rings is 1. The molecule has 2 N–H and O–H groups in total. The highest BCUT2D eigenvalue weighted by atomic mass is 16.3. The number of hydrogen-bond donors (Lipinski definition) is 2. The molecule has 0 fully saturated rings. The van der Waals surface area contributed by atoms with Crippen molar-refractivity contribution in [1.82, 2.24) is 14.5 Å². The predicted octanol–water partition coefficient (Wildman–Crippen LogP) is 11.1. The van der Waals surface area contributed by atoms with Crippen LogP contribution in [0.15, 0.2) is 83.8 Å². The second kappa shape index (κ2) is 17.5. The smallest absolute Gasteiger partial charge is 0.278 e. The number of unbranched alkanes of at least 4 members (excludes halogenated alkanes) is 11. The average molecular weight is 660 g/mol. The van der Waals surface area contributed by atoms with Gasteiger partial charge in [-0.05, 0) is 58.2 Å². The van der Waals surface area contributed by atoms with Gasteiger partial charge in [0.15, 0.2) is 5.82 Å². The van der Waals surface area contributed by atoms with E-state index in [0.29, 0.717) is 24.4 Å². The van der Waals surface area contributed by atoms with E-state index in [4.69, 9.17) is 4.98 Å². The molecule has 3 aromatic carbocycles. The molecule has 5 nitrogen and oxygen atoms in total. The van der Waals surface area contributed by atoms with Gasteiger partial charge in [-0.15, -0.1) is 0 Å². The largest absolute Gasteiger partial charge is 0.508 e. The van der Waals surface area contributed by atoms with E-state index >= 15 is 0 Å². The zero-order valence-corrected chi connectivity index (χ0v) is 30.4. The van der Waals surface area contributed by atoms with Gasteiger partial charge in [0.25, 0.3) is 5.56 Å². The molecule has 0 radical (unpaired) electrons. The number of aromatic hydroxyl groups is 1. The Morgan fingerprint density at radius 1 is 0.673 bits per heavy atom. The maximum atomic E-state index is 13.8. The van der Waals surface area contributed by atoms with Gasteiger partial charge in [0.1, 0.15) is 11.4 Å². The minimum atomic E-state index is -0.0795. The molecule has 2 heterocycles. The molecular weight excluding hydrogens is 603 g/mol. The summed E-state index contributed by atoms with van der Waals surface area (Å²) >= 11 is 0. The molecule has 2 aliphatic rings. The van der Waals surface area contributed by atoms with Crippen molar-refractivity contribution in [2.24, 2.45) is 0 Å². The number of fused-ring (bicyclic) bond motifs is 1. The fourth-order valence-corrected chi connectivity index (χ4v) is 6.72. The first kappa shape index (κ1) is 36.2. The van der Waals surface area contributed by atoms with Crippen LogP contribution in [0.25, 0.3) is 17.1 Å². The first-order chi connectivity index (χ1) is 23.7. The van der Waals surface area contributed by atoms with E-state index in [9.17, 15) is 9.90 Å². The normalized spacial score (nSPS) is 11.8. The molecule has 0 spiro atoms. The van der Waals surface area contributed by atoms with E-state index in [2.05, 4.69) is 81.2 Å². The molecule has 5 heteroatoms. The molecule has 49 heavy (non-hydrogen) atoms. The summed E-state index contributed by atoms with van der Waals surface area (Å²) in [6, 6.07) is 24.5. The molecule has 3 aromatic rings. The maximum Gasteiger partial charge on any atom is 0.278 e. The SMILES string of the molecule is CCCCCCCCCCCCCCc1ccc(Cc2nc3c(Cc4ccc(O)cc4)[nH]c(-c4ccc(C(C)(C)C)cc4)cn-3c2=O)cc1. The van der Waals surface area contributed by atoms with Crippen molar-refractivity contribution in [2.75, 3.05) is 0 Å². The highest BCUT2D eigenvalue weighted by Gasteiger charge is 2.21. The van der Waals surface area contributed by atoms with Crippen molar-refractivity contribution < 1.29 is 5.11 Å². The number of H-pyrrole nitrogens is 1. The highest BCUT2D eigenvalue weighted by Crippen LogP contribution is 2.28. The number of nitrogens with one attached hydrogen (secondary N) is 1. The number of benzene rings is 3. The maximum absolute atomic E-state index is 13.8. The third-order valence-corrected chi connectivity index (χ3v) is 9.84. The molecule has 260 valence electrons. The summed E-state index contributed by atoms with van der Waals surface area (Å²) in [5.41, 5.74) is 8.02. The van der Waals surface area contributed by atoms with Crippen LogP contribution in [-0.4, -0.2) is 19.6 Å². The molecule has 0 amide bonds. The Balaban J connectivity index is 1.22. The third-order valence-electron chi connectivity index (χ3n) is 9.84. The van der Waals surface area contributed by atoms with Gasteiger partial charge in [-0.1, -0.05) is 159 Å². The molecular formula is C44H57N3O2. The van der Waals surface area contributed by atoms with E-state index in [1.54, 1.807) is 16.7 Å². The van der Waals surface area contributed by atoms with Crippen LogP contribution in [0.5, 0.6) is 5.75 Å². The van der Waals surface area contributed by atoms with Gasteiger partial charge < -0.3 is 10.1 Å². The van der Waals surface area contributed by atoms with Crippen molar-refractivity contribution in [3.8, 4) is 22.8 Å². The monoisotopic (exact) mass is 659 g/mol. The van der Waals surface area contributed by atoms with Crippen LogP contribution in [0.3, 0.4) is 0 Å². The Kier molecular flexibility index (Phi) is 12.9. The van der Waals surface area contributed by atoms with E-state index in [0.717, 1.165) is 34.5 Å². The second-order valence-corrected chi connectivity index (χ2v) is 15.0. The standard InChI is InChI=1S/C44H57N3O2/c1-5-6-7-8-9-10-11-12-13-14-15-16-17-33-18-20-34(21-19-33)31-40-43(49)47-32-41(36-24-26-37(27-25-36)44(2,3)4)45-39(42(47)46-40)30-35-22-28-38(48)29-23-35/h18-29,32,45,48H,5-17,30-31H2,1-4H3. The third kappa shape index (κ3) is 10.4. The van der Waals surface area contributed by atoms with Gasteiger partial charge in [0, 0.05) is 19.0 Å². The Labute approximate surface area is 294 Å². The van der Waals surface area contributed by atoms with Crippen molar-refractivity contribution in [2.45, 2.75) is 129 Å². The number of phenolic OH excluding ortho intramolecular Hbond substituents is 1. The van der Waals surface area contributed by atoms with E-state index in [-0.39, 0.29) is 16.7 Å². The minimum absolute atomic E-state index is 0.0578. The van der Waals surface area contributed by atoms with Crippen LogP contribution >= 0.6 is 0 Å². The van der Waals surface area contributed by atoms with Crippen molar-refractivity contribution >= 4 is 0 Å². The molecule has 0 saturated carbocycles. The fourth-order valence-electron chi connectivity index (χ4n) is 6.72. The van der Waals surface area contributed by atoms with Crippen LogP contribution in [0.4, 0.5) is 0 Å². The average Bonchev–Trinajstić information content (AvgIpc) is 3.41. The summed E-state index contributed by atoms with van der Waals surface area (Å²) in [6.45, 7) is 8.91. The molecule has 0 aromatic heterocycles. The summed E-state index contributed by atoms with van der Waals surface area (Å²) in [6.07, 6.45) is 20.4. The lowest BCUT2D eigenvalue weighted by molar-refractivity contribution is 0.475. The second-order valence-electron chi connectivity index (χ2n) is 15.0. The highest BCUT2D eigenvalue weighted by molar-refractivity contribution is 5.61. The zero-order valence-electron chi connectivity index (χ0n) is 30.4. The van der Waals surface area contributed by atoms with Gasteiger partial charge in [0.05, 0.1) is 11.4 Å². The molecule has 5 rings (SSSR count). The summed E-state index contributed by atoms with van der Waals surface area (Å²) in [7, 11) is 0. The van der Waals surface area contributed by atoms with Gasteiger partial charge in [-0.3, -0.25) is 9.36 Å². The van der Waals surface area contributed by atoms with Crippen molar-refractivity contribution in [3.05, 3.63) is 123 Å². The molecule has 0 bridgehead atoms. The van der Waals surface area contributed by atoms with Crippen LogP contribution in [0.2, 0.25) is 0 Å². The molecule has 0 aliphatic carbocycles. The first-order valence-corrected chi connectivity index (χ1v) is 18.8. The van der Waals surface area contributed by atoms with Gasteiger partial charge in [0.2, 0.25) is 0 Å². The number of hydrogen-bond acceptors (Lipinski definition) is 3. The Morgan fingerprint density at radius 3 is 1.80 bits per heavy atom. The van der Waals surface area contributed by atoms with E-state index < -0.39 is 0 Å². The van der Waals surface area contributed by atoms with E-state index in [1.165, 1.54) is 88.2 Å². The quantitative estimate of drug-likeness (QED) is 0.0920. The van der Waals surface area contributed by atoms with Gasteiger partial charge in [-0.2, -0.15) is 0 Å². The Bertz CT molecular complexity index is 1740. The minimum Gasteiger partial charge on any atom is -0.508 e. The lowest BCUT2D eigenvalue weighted by Gasteiger charge is -2.19. The van der Waals surface area contributed by atoms with Gasteiger partial charge >= 0.3 is 0 Å². The zero-order chi connectivity index (χ0) is 34.6. The van der Waals surface area contributed by atoms with Crippen LogP contribution in [0, 0.1) is 0 Å². The summed E-state index contributed by atoms with van der Waals surface area (Å²) in [4.78, 5) is 22.3. The number of phenols is 1.